The molecule has 0 saturated carbocycles. The van der Waals surface area contributed by atoms with Crippen LogP contribution in [0.4, 0.5) is 0 Å². The second-order valence-electron chi connectivity index (χ2n) is 7.40. The van der Waals surface area contributed by atoms with E-state index in [2.05, 4.69) is 10.9 Å². The number of aryl methyl sites for hydroxylation is 1. The second-order valence-corrected chi connectivity index (χ2v) is 7.40. The predicted octanol–water partition coefficient (Wildman–Crippen LogP) is 3.96. The quantitative estimate of drug-likeness (QED) is 0.590. The highest BCUT2D eigenvalue weighted by atomic mass is 16.5. The van der Waals surface area contributed by atoms with Gasteiger partial charge in [-0.15, -0.1) is 0 Å². The van der Waals surface area contributed by atoms with Crippen LogP contribution in [0, 0.1) is 13.8 Å². The molecule has 0 aliphatic carbocycles. The van der Waals surface area contributed by atoms with E-state index in [1.54, 1.807) is 24.3 Å². The average molecular weight is 421 g/mol. The zero-order valence-electron chi connectivity index (χ0n) is 18.4. The first-order valence-corrected chi connectivity index (χ1v) is 10.0. The van der Waals surface area contributed by atoms with Crippen molar-refractivity contribution in [3.8, 4) is 17.2 Å². The van der Waals surface area contributed by atoms with Crippen LogP contribution < -0.4 is 20.3 Å². The number of benzene rings is 2. The Labute approximate surface area is 182 Å². The number of hydrazine groups is 1. The number of aromatic nitrogens is 1. The predicted molar refractivity (Wildman–Crippen MR) is 119 cm³/mol. The SMILES string of the molecule is COc1cc(C(=O)NNC(=O)c2cc(C)n(-c3ccccc3)c2C)ccc1OC(C)C. The number of rotatable bonds is 6. The van der Waals surface area contributed by atoms with Gasteiger partial charge in [-0.05, 0) is 64.1 Å². The molecule has 2 N–H and O–H groups in total. The van der Waals surface area contributed by atoms with Crippen LogP contribution in [0.25, 0.3) is 5.69 Å². The van der Waals surface area contributed by atoms with Crippen LogP contribution in [0.3, 0.4) is 0 Å². The van der Waals surface area contributed by atoms with Gasteiger partial charge in [-0.1, -0.05) is 18.2 Å². The van der Waals surface area contributed by atoms with E-state index in [0.29, 0.717) is 22.6 Å². The first-order chi connectivity index (χ1) is 14.8. The lowest BCUT2D eigenvalue weighted by molar-refractivity contribution is 0.0846. The number of hydrogen-bond donors (Lipinski definition) is 2. The molecule has 7 nitrogen and oxygen atoms in total. The standard InChI is InChI=1S/C24H27N3O4/c1-15(2)31-21-12-11-18(14-22(21)30-5)23(28)25-26-24(29)20-13-16(3)27(17(20)4)19-9-7-6-8-10-19/h6-15H,1-5H3,(H,25,28)(H,26,29). The van der Waals surface area contributed by atoms with Crippen molar-refractivity contribution in [2.75, 3.05) is 7.11 Å². The number of para-hydroxylation sites is 1. The Bertz CT molecular complexity index is 1090. The van der Waals surface area contributed by atoms with Crippen LogP contribution in [0.5, 0.6) is 11.5 Å². The highest BCUT2D eigenvalue weighted by Crippen LogP contribution is 2.29. The third-order valence-electron chi connectivity index (χ3n) is 4.77. The van der Waals surface area contributed by atoms with Crippen LogP contribution in [-0.2, 0) is 0 Å². The van der Waals surface area contributed by atoms with Crippen molar-refractivity contribution >= 4 is 11.8 Å². The minimum Gasteiger partial charge on any atom is -0.493 e. The Morgan fingerprint density at radius 2 is 1.58 bits per heavy atom. The summed E-state index contributed by atoms with van der Waals surface area (Å²) in [6.45, 7) is 7.62. The summed E-state index contributed by atoms with van der Waals surface area (Å²) in [5, 5.41) is 0. The zero-order valence-corrected chi connectivity index (χ0v) is 18.4. The van der Waals surface area contributed by atoms with E-state index >= 15 is 0 Å². The van der Waals surface area contributed by atoms with Gasteiger partial charge in [0.05, 0.1) is 18.8 Å². The molecule has 0 spiro atoms. The molecule has 0 aliphatic heterocycles. The summed E-state index contributed by atoms with van der Waals surface area (Å²) in [5.74, 6) is 0.139. The highest BCUT2D eigenvalue weighted by Gasteiger charge is 2.18. The molecule has 3 aromatic rings. The molecule has 0 radical (unpaired) electrons. The summed E-state index contributed by atoms with van der Waals surface area (Å²) in [6, 6.07) is 16.4. The van der Waals surface area contributed by atoms with Gasteiger partial charge in [-0.25, -0.2) is 0 Å². The summed E-state index contributed by atoms with van der Waals surface area (Å²) in [4.78, 5) is 25.2. The Morgan fingerprint density at radius 3 is 2.23 bits per heavy atom. The molecule has 2 aromatic carbocycles. The Kier molecular flexibility index (Phi) is 6.65. The monoisotopic (exact) mass is 421 g/mol. The first-order valence-electron chi connectivity index (χ1n) is 10.0. The maximum atomic E-state index is 12.7. The molecule has 2 amide bonds. The Balaban J connectivity index is 1.72. The molecule has 1 heterocycles. The molecule has 3 rings (SSSR count). The maximum absolute atomic E-state index is 12.7. The van der Waals surface area contributed by atoms with Gasteiger partial charge in [0.15, 0.2) is 11.5 Å². The minimum atomic E-state index is -0.459. The summed E-state index contributed by atoms with van der Waals surface area (Å²) < 4.78 is 13.0. The molecule has 1 aromatic heterocycles. The molecule has 0 bridgehead atoms. The van der Waals surface area contributed by atoms with Gasteiger partial charge < -0.3 is 14.0 Å². The van der Waals surface area contributed by atoms with E-state index in [-0.39, 0.29) is 6.10 Å². The molecule has 7 heteroatoms. The van der Waals surface area contributed by atoms with Crippen LogP contribution >= 0.6 is 0 Å². The topological polar surface area (TPSA) is 81.6 Å². The van der Waals surface area contributed by atoms with Crippen molar-refractivity contribution in [1.29, 1.82) is 0 Å². The highest BCUT2D eigenvalue weighted by molar-refractivity contribution is 6.00. The van der Waals surface area contributed by atoms with Gasteiger partial charge in [0.25, 0.3) is 11.8 Å². The number of hydrogen-bond acceptors (Lipinski definition) is 4. The molecule has 0 atom stereocenters. The normalized spacial score (nSPS) is 10.6. The molecule has 31 heavy (non-hydrogen) atoms. The summed E-state index contributed by atoms with van der Waals surface area (Å²) >= 11 is 0. The molecular formula is C24H27N3O4. The van der Waals surface area contributed by atoms with E-state index in [1.165, 1.54) is 7.11 Å². The first kappa shape index (κ1) is 22.0. The van der Waals surface area contributed by atoms with Crippen molar-refractivity contribution in [2.24, 2.45) is 0 Å². The van der Waals surface area contributed by atoms with Gasteiger partial charge in [-0.2, -0.15) is 0 Å². The average Bonchev–Trinajstić information content (AvgIpc) is 3.06. The maximum Gasteiger partial charge on any atom is 0.271 e. The van der Waals surface area contributed by atoms with Crippen molar-refractivity contribution in [3.63, 3.8) is 0 Å². The third-order valence-corrected chi connectivity index (χ3v) is 4.77. The number of nitrogens with one attached hydrogen (secondary N) is 2. The van der Waals surface area contributed by atoms with Gasteiger partial charge in [0.2, 0.25) is 0 Å². The van der Waals surface area contributed by atoms with Gasteiger partial charge in [0.1, 0.15) is 0 Å². The largest absolute Gasteiger partial charge is 0.493 e. The van der Waals surface area contributed by atoms with Gasteiger partial charge in [-0.3, -0.25) is 20.4 Å². The Morgan fingerprint density at radius 1 is 0.903 bits per heavy atom. The lowest BCUT2D eigenvalue weighted by Gasteiger charge is -2.14. The smallest absolute Gasteiger partial charge is 0.271 e. The van der Waals surface area contributed by atoms with E-state index < -0.39 is 11.8 Å². The lowest BCUT2D eigenvalue weighted by Crippen LogP contribution is -2.41. The third kappa shape index (κ3) is 4.88. The van der Waals surface area contributed by atoms with Crippen molar-refractivity contribution in [2.45, 2.75) is 33.8 Å². The fraction of sp³-hybridized carbons (Fsp3) is 0.250. The molecular weight excluding hydrogens is 394 g/mol. The van der Waals surface area contributed by atoms with Gasteiger partial charge in [0, 0.05) is 22.6 Å². The number of ether oxygens (including phenoxy) is 2. The van der Waals surface area contributed by atoms with Crippen molar-refractivity contribution in [3.05, 3.63) is 77.1 Å². The molecule has 0 saturated heterocycles. The van der Waals surface area contributed by atoms with Crippen LogP contribution in [-0.4, -0.2) is 29.6 Å². The molecule has 162 valence electrons. The summed E-state index contributed by atoms with van der Waals surface area (Å²) in [5.41, 5.74) is 8.45. The van der Waals surface area contributed by atoms with E-state index in [1.807, 2.05) is 62.6 Å². The fourth-order valence-electron chi connectivity index (χ4n) is 3.38. The van der Waals surface area contributed by atoms with E-state index in [0.717, 1.165) is 17.1 Å². The summed E-state index contributed by atoms with van der Waals surface area (Å²) in [6.07, 6.45) is -0.0252. The number of carbonyl (C=O) groups excluding carboxylic acids is 2. The van der Waals surface area contributed by atoms with E-state index in [4.69, 9.17) is 9.47 Å². The molecule has 0 unspecified atom stereocenters. The number of amides is 2. The lowest BCUT2D eigenvalue weighted by atomic mass is 10.2. The van der Waals surface area contributed by atoms with Crippen molar-refractivity contribution in [1.82, 2.24) is 15.4 Å². The zero-order chi connectivity index (χ0) is 22.5. The fourth-order valence-corrected chi connectivity index (χ4v) is 3.38. The Hall–Kier alpha value is -3.74. The van der Waals surface area contributed by atoms with Gasteiger partial charge >= 0.3 is 0 Å². The second kappa shape index (κ2) is 9.38. The number of carbonyl (C=O) groups is 2. The van der Waals surface area contributed by atoms with E-state index in [9.17, 15) is 9.59 Å². The van der Waals surface area contributed by atoms with Crippen LogP contribution in [0.2, 0.25) is 0 Å². The number of nitrogens with zero attached hydrogens (tertiary/aromatic N) is 1. The minimum absolute atomic E-state index is 0.0252. The van der Waals surface area contributed by atoms with Crippen LogP contribution in [0.1, 0.15) is 46.0 Å². The molecule has 0 fully saturated rings. The number of methoxy groups -OCH3 is 1. The van der Waals surface area contributed by atoms with Crippen LogP contribution in [0.15, 0.2) is 54.6 Å². The summed E-state index contributed by atoms with van der Waals surface area (Å²) in [7, 11) is 1.51. The van der Waals surface area contributed by atoms with Crippen molar-refractivity contribution < 1.29 is 19.1 Å². The molecule has 0 aliphatic rings.